The number of hydrogen-bond acceptors (Lipinski definition) is 3. The minimum atomic E-state index is 0.220. The molecule has 2 rings (SSSR count). The normalized spacial score (nSPS) is 36.9. The Kier molecular flexibility index (Phi) is 4.54. The number of rotatable bonds is 4. The van der Waals surface area contributed by atoms with E-state index in [1.165, 1.54) is 6.42 Å². The maximum atomic E-state index is 5.92. The molecule has 0 spiro atoms. The lowest BCUT2D eigenvalue weighted by Gasteiger charge is -2.61. The van der Waals surface area contributed by atoms with E-state index in [2.05, 4.69) is 58.7 Å². The second-order valence-corrected chi connectivity index (χ2v) is 8.27. The molecular formula is C17H34N2O. The van der Waals surface area contributed by atoms with E-state index in [1.54, 1.807) is 0 Å². The third kappa shape index (κ3) is 2.90. The van der Waals surface area contributed by atoms with Gasteiger partial charge in [0.15, 0.2) is 0 Å². The number of nitrogens with one attached hydrogen (secondary N) is 1. The van der Waals surface area contributed by atoms with Gasteiger partial charge in [-0.25, -0.2) is 0 Å². The molecule has 20 heavy (non-hydrogen) atoms. The summed E-state index contributed by atoms with van der Waals surface area (Å²) in [5.74, 6) is 0.695. The highest BCUT2D eigenvalue weighted by atomic mass is 16.5. The quantitative estimate of drug-likeness (QED) is 0.858. The van der Waals surface area contributed by atoms with E-state index in [-0.39, 0.29) is 11.0 Å². The molecule has 2 fully saturated rings. The Morgan fingerprint density at radius 3 is 2.40 bits per heavy atom. The molecule has 1 aliphatic heterocycles. The molecule has 0 bridgehead atoms. The van der Waals surface area contributed by atoms with Crippen molar-refractivity contribution in [3.63, 3.8) is 0 Å². The smallest absolute Gasteiger partial charge is 0.0655 e. The highest BCUT2D eigenvalue weighted by Crippen LogP contribution is 2.47. The van der Waals surface area contributed by atoms with Gasteiger partial charge in [-0.05, 0) is 33.1 Å². The van der Waals surface area contributed by atoms with Gasteiger partial charge >= 0.3 is 0 Å². The van der Waals surface area contributed by atoms with E-state index in [0.717, 1.165) is 19.7 Å². The first-order chi connectivity index (χ1) is 9.19. The Morgan fingerprint density at radius 2 is 1.90 bits per heavy atom. The number of hydrogen-bond donors (Lipinski definition) is 1. The van der Waals surface area contributed by atoms with Gasteiger partial charge in [-0.3, -0.25) is 4.90 Å². The Labute approximate surface area is 125 Å². The average molecular weight is 282 g/mol. The fourth-order valence-corrected chi connectivity index (χ4v) is 4.00. The van der Waals surface area contributed by atoms with Crippen LogP contribution in [0.5, 0.6) is 0 Å². The van der Waals surface area contributed by atoms with Crippen LogP contribution < -0.4 is 5.32 Å². The minimum Gasteiger partial charge on any atom is -0.378 e. The van der Waals surface area contributed by atoms with Crippen molar-refractivity contribution in [3.05, 3.63) is 0 Å². The molecule has 3 unspecified atom stereocenters. The summed E-state index contributed by atoms with van der Waals surface area (Å²) in [4.78, 5) is 2.77. The van der Waals surface area contributed by atoms with Crippen molar-refractivity contribution in [2.45, 2.75) is 78.6 Å². The van der Waals surface area contributed by atoms with Gasteiger partial charge in [0.25, 0.3) is 0 Å². The van der Waals surface area contributed by atoms with E-state index in [1.807, 2.05) is 0 Å². The molecule has 2 aliphatic rings. The van der Waals surface area contributed by atoms with Crippen LogP contribution in [0.15, 0.2) is 0 Å². The first kappa shape index (κ1) is 16.3. The summed E-state index contributed by atoms with van der Waals surface area (Å²) in [7, 11) is 0. The van der Waals surface area contributed by atoms with Gasteiger partial charge in [0.2, 0.25) is 0 Å². The van der Waals surface area contributed by atoms with Crippen LogP contribution in [0.25, 0.3) is 0 Å². The molecule has 0 amide bonds. The molecule has 0 aromatic rings. The number of nitrogens with zero attached hydrogens (tertiary/aromatic N) is 1. The summed E-state index contributed by atoms with van der Waals surface area (Å²) < 4.78 is 5.92. The van der Waals surface area contributed by atoms with Crippen molar-refractivity contribution in [3.8, 4) is 0 Å². The van der Waals surface area contributed by atoms with E-state index in [9.17, 15) is 0 Å². The highest BCUT2D eigenvalue weighted by Gasteiger charge is 2.54. The summed E-state index contributed by atoms with van der Waals surface area (Å²) in [6, 6.07) is 1.31. The van der Waals surface area contributed by atoms with Crippen molar-refractivity contribution in [2.75, 3.05) is 19.7 Å². The average Bonchev–Trinajstić information content (AvgIpc) is 2.32. The van der Waals surface area contributed by atoms with Crippen LogP contribution in [0.1, 0.15) is 54.9 Å². The van der Waals surface area contributed by atoms with Gasteiger partial charge in [-0.2, -0.15) is 0 Å². The lowest BCUT2D eigenvalue weighted by atomic mass is 9.62. The monoisotopic (exact) mass is 282 g/mol. The zero-order valence-electron chi connectivity index (χ0n) is 14.5. The second-order valence-electron chi connectivity index (χ2n) is 8.27. The highest BCUT2D eigenvalue weighted by molar-refractivity contribution is 5.08. The van der Waals surface area contributed by atoms with Crippen LogP contribution in [0.3, 0.4) is 0 Å². The summed E-state index contributed by atoms with van der Waals surface area (Å²) in [6.07, 6.45) is 1.63. The largest absolute Gasteiger partial charge is 0.378 e. The molecule has 3 atom stereocenters. The molecule has 1 heterocycles. The van der Waals surface area contributed by atoms with Crippen molar-refractivity contribution in [2.24, 2.45) is 11.3 Å². The molecule has 1 aliphatic carbocycles. The SMILES string of the molecule is CCOC1CC(N2CC(C)(C)NCC2C(C)C)C1(C)C. The Morgan fingerprint density at radius 1 is 1.25 bits per heavy atom. The second kappa shape index (κ2) is 5.58. The third-order valence-corrected chi connectivity index (χ3v) is 5.46. The molecule has 1 saturated heterocycles. The summed E-state index contributed by atoms with van der Waals surface area (Å²) >= 11 is 0. The molecule has 1 N–H and O–H groups in total. The third-order valence-electron chi connectivity index (χ3n) is 5.46. The van der Waals surface area contributed by atoms with Gasteiger partial charge in [0, 0.05) is 42.7 Å². The van der Waals surface area contributed by atoms with Crippen LogP contribution in [0.4, 0.5) is 0 Å². The minimum absolute atomic E-state index is 0.220. The van der Waals surface area contributed by atoms with E-state index < -0.39 is 0 Å². The van der Waals surface area contributed by atoms with Crippen LogP contribution >= 0.6 is 0 Å². The summed E-state index contributed by atoms with van der Waals surface area (Å²) in [5, 5.41) is 3.71. The summed E-state index contributed by atoms with van der Waals surface area (Å²) in [6.45, 7) is 19.3. The van der Waals surface area contributed by atoms with Crippen LogP contribution in [-0.2, 0) is 4.74 Å². The molecule has 0 radical (unpaired) electrons. The lowest BCUT2D eigenvalue weighted by Crippen LogP contribution is -2.72. The first-order valence-electron chi connectivity index (χ1n) is 8.31. The van der Waals surface area contributed by atoms with Crippen LogP contribution in [-0.4, -0.2) is 48.3 Å². The van der Waals surface area contributed by atoms with Crippen molar-refractivity contribution in [1.29, 1.82) is 0 Å². The fraction of sp³-hybridized carbons (Fsp3) is 1.00. The maximum absolute atomic E-state index is 5.92. The van der Waals surface area contributed by atoms with Crippen molar-refractivity contribution < 1.29 is 4.74 Å². The number of ether oxygens (including phenoxy) is 1. The Bertz CT molecular complexity index is 338. The first-order valence-corrected chi connectivity index (χ1v) is 8.31. The van der Waals surface area contributed by atoms with Crippen LogP contribution in [0.2, 0.25) is 0 Å². The lowest BCUT2D eigenvalue weighted by molar-refractivity contribution is -0.169. The topological polar surface area (TPSA) is 24.5 Å². The Hall–Kier alpha value is -0.120. The fourth-order valence-electron chi connectivity index (χ4n) is 4.00. The standard InChI is InChI=1S/C17H34N2O/c1-8-20-15-9-14(17(15,6)7)19-11-16(4,5)18-10-13(19)12(2)3/h12-15,18H,8-11H2,1-7H3. The number of piperazine rings is 1. The predicted molar refractivity (Wildman–Crippen MR) is 85.0 cm³/mol. The van der Waals surface area contributed by atoms with Gasteiger partial charge in [-0.1, -0.05) is 27.7 Å². The molecular weight excluding hydrogens is 248 g/mol. The molecule has 1 saturated carbocycles. The van der Waals surface area contributed by atoms with Crippen molar-refractivity contribution >= 4 is 0 Å². The zero-order valence-corrected chi connectivity index (χ0v) is 14.5. The van der Waals surface area contributed by atoms with Crippen LogP contribution in [0, 0.1) is 11.3 Å². The van der Waals surface area contributed by atoms with E-state index in [4.69, 9.17) is 4.74 Å². The predicted octanol–water partition coefficient (Wildman–Crippen LogP) is 2.90. The molecule has 118 valence electrons. The molecule has 3 nitrogen and oxygen atoms in total. The van der Waals surface area contributed by atoms with Gasteiger partial charge < -0.3 is 10.1 Å². The molecule has 0 aromatic heterocycles. The van der Waals surface area contributed by atoms with Crippen molar-refractivity contribution in [1.82, 2.24) is 10.2 Å². The van der Waals surface area contributed by atoms with E-state index in [0.29, 0.717) is 24.1 Å². The molecule has 3 heteroatoms. The van der Waals surface area contributed by atoms with E-state index >= 15 is 0 Å². The molecule has 0 aromatic carbocycles. The Balaban J connectivity index is 2.12. The summed E-state index contributed by atoms with van der Waals surface area (Å²) in [5.41, 5.74) is 0.495. The maximum Gasteiger partial charge on any atom is 0.0655 e. The zero-order chi connectivity index (χ0) is 15.1. The van der Waals surface area contributed by atoms with Gasteiger partial charge in [0.05, 0.1) is 6.10 Å². The van der Waals surface area contributed by atoms with Gasteiger partial charge in [0.1, 0.15) is 0 Å². The van der Waals surface area contributed by atoms with Gasteiger partial charge in [-0.15, -0.1) is 0 Å².